The molecular formula is C9H15N. The Kier molecular flexibility index (Phi) is 2.69. The maximum Gasteiger partial charge on any atom is 0.0192 e. The number of likely N-dealkylation sites (tertiary alicyclic amines) is 1. The maximum absolute atomic E-state index is 3.68. The minimum Gasteiger partial charge on any atom is -0.302 e. The zero-order valence-corrected chi connectivity index (χ0v) is 6.64. The fraction of sp³-hybridized carbons (Fsp3) is 0.556. The number of allylic oxidation sites excluding steroid dienone is 2. The van der Waals surface area contributed by atoms with Gasteiger partial charge in [0.2, 0.25) is 0 Å². The second-order valence-electron chi connectivity index (χ2n) is 2.90. The second kappa shape index (κ2) is 3.57. The summed E-state index contributed by atoms with van der Waals surface area (Å²) < 4.78 is 0. The minimum atomic E-state index is 1.13. The van der Waals surface area contributed by atoms with Gasteiger partial charge in [0.05, 0.1) is 0 Å². The van der Waals surface area contributed by atoms with Crippen molar-refractivity contribution in [2.45, 2.75) is 12.8 Å². The quantitative estimate of drug-likeness (QED) is 0.533. The van der Waals surface area contributed by atoms with Crippen LogP contribution in [0.3, 0.4) is 0 Å². The number of hydrogen-bond donors (Lipinski definition) is 0. The van der Waals surface area contributed by atoms with Gasteiger partial charge in [-0.25, -0.2) is 0 Å². The fourth-order valence-corrected chi connectivity index (χ4v) is 1.38. The topological polar surface area (TPSA) is 3.24 Å². The van der Waals surface area contributed by atoms with Crippen LogP contribution in [0.5, 0.6) is 0 Å². The summed E-state index contributed by atoms with van der Waals surface area (Å²) in [5, 5.41) is 0. The summed E-state index contributed by atoms with van der Waals surface area (Å²) in [6, 6.07) is 0. The molecule has 0 radical (unpaired) electrons. The Bertz CT molecular complexity index is 147. The van der Waals surface area contributed by atoms with Crippen LogP contribution in [0.15, 0.2) is 24.3 Å². The van der Waals surface area contributed by atoms with Crippen molar-refractivity contribution in [1.29, 1.82) is 0 Å². The largest absolute Gasteiger partial charge is 0.302 e. The van der Waals surface area contributed by atoms with Gasteiger partial charge in [-0.3, -0.25) is 0 Å². The predicted octanol–water partition coefficient (Wildman–Crippen LogP) is 1.82. The first-order valence-corrected chi connectivity index (χ1v) is 3.82. The number of likely N-dealkylation sites (N-methyl/N-ethyl adjacent to an activating group) is 1. The number of nitrogens with zero attached hydrogens (tertiary/aromatic N) is 1. The van der Waals surface area contributed by atoms with E-state index < -0.39 is 0 Å². The first-order chi connectivity index (χ1) is 4.83. The highest BCUT2D eigenvalue weighted by Crippen LogP contribution is 2.13. The van der Waals surface area contributed by atoms with Gasteiger partial charge in [0.25, 0.3) is 0 Å². The molecule has 0 spiro atoms. The van der Waals surface area contributed by atoms with Crippen molar-refractivity contribution >= 4 is 0 Å². The van der Waals surface area contributed by atoms with Crippen LogP contribution in [0, 0.1) is 0 Å². The molecule has 0 aliphatic carbocycles. The molecule has 1 heteroatoms. The van der Waals surface area contributed by atoms with Crippen LogP contribution in [-0.2, 0) is 0 Å². The maximum atomic E-state index is 3.68. The molecule has 1 heterocycles. The highest BCUT2D eigenvalue weighted by Gasteiger charge is 2.08. The van der Waals surface area contributed by atoms with Crippen molar-refractivity contribution in [3.63, 3.8) is 0 Å². The highest BCUT2D eigenvalue weighted by molar-refractivity contribution is 5.13. The van der Waals surface area contributed by atoms with Crippen LogP contribution >= 0.6 is 0 Å². The Morgan fingerprint density at radius 3 is 3.00 bits per heavy atom. The average Bonchev–Trinajstić information content (AvgIpc) is 1.88. The summed E-state index contributed by atoms with van der Waals surface area (Å²) in [5.41, 5.74) is 1.52. The zero-order chi connectivity index (χ0) is 7.40. The lowest BCUT2D eigenvalue weighted by Crippen LogP contribution is -2.26. The van der Waals surface area contributed by atoms with Crippen LogP contribution in [0.2, 0.25) is 0 Å². The van der Waals surface area contributed by atoms with E-state index in [-0.39, 0.29) is 0 Å². The van der Waals surface area contributed by atoms with E-state index in [4.69, 9.17) is 0 Å². The molecule has 0 N–H and O–H groups in total. The van der Waals surface area contributed by atoms with Crippen LogP contribution in [0.4, 0.5) is 0 Å². The molecule has 1 rings (SSSR count). The molecule has 1 aliphatic heterocycles. The zero-order valence-electron chi connectivity index (χ0n) is 6.64. The molecule has 1 nitrogen and oxygen atoms in total. The van der Waals surface area contributed by atoms with Gasteiger partial charge >= 0.3 is 0 Å². The van der Waals surface area contributed by atoms with Crippen molar-refractivity contribution in [2.24, 2.45) is 0 Å². The molecule has 0 unspecified atom stereocenters. The van der Waals surface area contributed by atoms with Crippen molar-refractivity contribution in [3.8, 4) is 0 Å². The van der Waals surface area contributed by atoms with Gasteiger partial charge in [0.1, 0.15) is 0 Å². The van der Waals surface area contributed by atoms with Gasteiger partial charge in [-0.1, -0.05) is 24.3 Å². The van der Waals surface area contributed by atoms with Gasteiger partial charge in [-0.15, -0.1) is 0 Å². The molecule has 0 saturated carbocycles. The lowest BCUT2D eigenvalue weighted by molar-refractivity contribution is 0.322. The molecular weight excluding hydrogens is 122 g/mol. The van der Waals surface area contributed by atoms with Crippen molar-refractivity contribution in [3.05, 3.63) is 24.3 Å². The Morgan fingerprint density at radius 1 is 1.60 bits per heavy atom. The molecule has 0 bridgehead atoms. The van der Waals surface area contributed by atoms with Gasteiger partial charge < -0.3 is 4.90 Å². The lowest BCUT2D eigenvalue weighted by Gasteiger charge is -2.23. The molecule has 0 aromatic heterocycles. The number of piperidine rings is 1. The van der Waals surface area contributed by atoms with E-state index in [1.807, 2.05) is 6.08 Å². The van der Waals surface area contributed by atoms with Crippen LogP contribution in [0.1, 0.15) is 12.8 Å². The van der Waals surface area contributed by atoms with Gasteiger partial charge in [-0.2, -0.15) is 0 Å². The Hall–Kier alpha value is -0.560. The summed E-state index contributed by atoms with van der Waals surface area (Å²) in [6.07, 6.45) is 6.58. The molecule has 1 saturated heterocycles. The highest BCUT2D eigenvalue weighted by atomic mass is 15.1. The van der Waals surface area contributed by atoms with E-state index in [1.165, 1.54) is 25.0 Å². The Balaban J connectivity index is 2.46. The Morgan fingerprint density at radius 2 is 2.40 bits per heavy atom. The first kappa shape index (κ1) is 7.55. The SMILES string of the molecule is C=C/C=C1\CCCN(C)C1. The first-order valence-electron chi connectivity index (χ1n) is 3.82. The van der Waals surface area contributed by atoms with Gasteiger partial charge in [0, 0.05) is 6.54 Å². The summed E-state index contributed by atoms with van der Waals surface area (Å²) in [7, 11) is 2.16. The standard InChI is InChI=1S/C9H15N/c1-3-5-9-6-4-7-10(2)8-9/h3,5H,1,4,6-8H2,2H3/b9-5+. The molecule has 10 heavy (non-hydrogen) atoms. The number of hydrogen-bond acceptors (Lipinski definition) is 1. The smallest absolute Gasteiger partial charge is 0.0192 e. The van der Waals surface area contributed by atoms with E-state index in [2.05, 4.69) is 24.6 Å². The van der Waals surface area contributed by atoms with Crippen LogP contribution in [-0.4, -0.2) is 25.0 Å². The third kappa shape index (κ3) is 1.99. The summed E-state index contributed by atoms with van der Waals surface area (Å²) in [4.78, 5) is 2.35. The van der Waals surface area contributed by atoms with Crippen molar-refractivity contribution < 1.29 is 0 Å². The molecule has 1 aliphatic rings. The monoisotopic (exact) mass is 137 g/mol. The summed E-state index contributed by atoms with van der Waals surface area (Å²) in [5.74, 6) is 0. The average molecular weight is 137 g/mol. The molecule has 56 valence electrons. The van der Waals surface area contributed by atoms with Gasteiger partial charge in [0.15, 0.2) is 0 Å². The van der Waals surface area contributed by atoms with Gasteiger partial charge in [-0.05, 0) is 26.4 Å². The molecule has 0 aromatic carbocycles. The molecule has 0 aromatic rings. The summed E-state index contributed by atoms with van der Waals surface area (Å²) >= 11 is 0. The molecule has 0 atom stereocenters. The summed E-state index contributed by atoms with van der Waals surface area (Å²) in [6.45, 7) is 6.06. The van der Waals surface area contributed by atoms with Crippen molar-refractivity contribution in [1.82, 2.24) is 4.90 Å². The van der Waals surface area contributed by atoms with Crippen molar-refractivity contribution in [2.75, 3.05) is 20.1 Å². The third-order valence-electron chi connectivity index (χ3n) is 1.86. The molecule has 0 amide bonds. The Labute approximate surface area is 63.0 Å². The molecule has 1 fully saturated rings. The van der Waals surface area contributed by atoms with E-state index in [0.29, 0.717) is 0 Å². The van der Waals surface area contributed by atoms with E-state index in [9.17, 15) is 0 Å². The minimum absolute atomic E-state index is 1.13. The van der Waals surface area contributed by atoms with E-state index >= 15 is 0 Å². The number of rotatable bonds is 1. The van der Waals surface area contributed by atoms with Crippen LogP contribution < -0.4 is 0 Å². The predicted molar refractivity (Wildman–Crippen MR) is 45.0 cm³/mol. The third-order valence-corrected chi connectivity index (χ3v) is 1.86. The normalized spacial score (nSPS) is 25.1. The second-order valence-corrected chi connectivity index (χ2v) is 2.90. The van der Waals surface area contributed by atoms with E-state index in [0.717, 1.165) is 6.54 Å². The van der Waals surface area contributed by atoms with Crippen LogP contribution in [0.25, 0.3) is 0 Å². The van der Waals surface area contributed by atoms with E-state index in [1.54, 1.807) is 0 Å². The lowest BCUT2D eigenvalue weighted by atomic mass is 10.1. The fourth-order valence-electron chi connectivity index (χ4n) is 1.38.